The van der Waals surface area contributed by atoms with Crippen LogP contribution in [-0.4, -0.2) is 97.7 Å². The molecule has 3 fully saturated rings. The molecule has 4 heterocycles. The number of amides is 3. The molecule has 7 rings (SSSR count). The summed E-state index contributed by atoms with van der Waals surface area (Å²) in [5.74, 6) is -0.944. The summed E-state index contributed by atoms with van der Waals surface area (Å²) in [6.07, 6.45) is 3.64. The highest BCUT2D eigenvalue weighted by molar-refractivity contribution is 5.95. The number of halogens is 1. The van der Waals surface area contributed by atoms with E-state index in [0.29, 0.717) is 51.3 Å². The largest absolute Gasteiger partial charge is 0.444 e. The highest BCUT2D eigenvalue weighted by Gasteiger charge is 2.42. The van der Waals surface area contributed by atoms with Gasteiger partial charge < -0.3 is 35.0 Å². The number of hydrogen-bond acceptors (Lipinski definition) is 9. The van der Waals surface area contributed by atoms with Crippen molar-refractivity contribution >= 4 is 23.6 Å². The van der Waals surface area contributed by atoms with Crippen molar-refractivity contribution in [3.05, 3.63) is 118 Å². The second kappa shape index (κ2) is 17.2. The van der Waals surface area contributed by atoms with E-state index in [4.69, 9.17) is 15.2 Å². The predicted molar refractivity (Wildman–Crippen MR) is 220 cm³/mol. The third kappa shape index (κ3) is 9.76. The van der Waals surface area contributed by atoms with Crippen molar-refractivity contribution in [3.63, 3.8) is 0 Å². The molecular formula is C45H53FN6O7. The molecule has 13 nitrogen and oxygen atoms in total. The second-order valence-electron chi connectivity index (χ2n) is 17.1. The van der Waals surface area contributed by atoms with Crippen LogP contribution in [0.2, 0.25) is 0 Å². The topological polar surface area (TPSA) is 161 Å². The maximum atomic E-state index is 14.3. The Kier molecular flexibility index (Phi) is 12.1. The van der Waals surface area contributed by atoms with Gasteiger partial charge in [-0.25, -0.2) is 14.2 Å². The normalized spacial score (nSPS) is 20.8. The average molecular weight is 809 g/mol. The van der Waals surface area contributed by atoms with Crippen molar-refractivity contribution in [1.82, 2.24) is 24.3 Å². The molecule has 14 heteroatoms. The van der Waals surface area contributed by atoms with Crippen LogP contribution in [0.4, 0.5) is 14.9 Å². The first-order valence-electron chi connectivity index (χ1n) is 20.4. The Labute approximate surface area is 343 Å². The number of nitrogens with zero attached hydrogens (tertiary/aromatic N) is 5. The molecule has 3 saturated heterocycles. The molecule has 0 spiro atoms. The molecule has 1 aromatic heterocycles. The van der Waals surface area contributed by atoms with Gasteiger partial charge in [-0.2, -0.15) is 0 Å². The fourth-order valence-corrected chi connectivity index (χ4v) is 8.47. The molecule has 312 valence electrons. The third-order valence-corrected chi connectivity index (χ3v) is 11.7. The van der Waals surface area contributed by atoms with Gasteiger partial charge in [0.2, 0.25) is 11.8 Å². The van der Waals surface area contributed by atoms with Gasteiger partial charge in [0.1, 0.15) is 23.5 Å². The summed E-state index contributed by atoms with van der Waals surface area (Å²) in [5.41, 5.74) is 5.95. The lowest BCUT2D eigenvalue weighted by molar-refractivity contribution is -0.142. The number of aliphatic hydroxyl groups is 1. The molecule has 1 unspecified atom stereocenters. The molecule has 0 saturated carbocycles. The Hall–Kier alpha value is -5.76. The first kappa shape index (κ1) is 41.4. The summed E-state index contributed by atoms with van der Waals surface area (Å²) in [7, 11) is 0. The smallest absolute Gasteiger partial charge is 0.410 e. The van der Waals surface area contributed by atoms with E-state index >= 15 is 0 Å². The van der Waals surface area contributed by atoms with E-state index in [-0.39, 0.29) is 72.4 Å². The van der Waals surface area contributed by atoms with Gasteiger partial charge in [0.25, 0.3) is 11.5 Å². The molecule has 3 N–H and O–H groups in total. The Morgan fingerprint density at radius 3 is 2.31 bits per heavy atom. The average Bonchev–Trinajstić information content (AvgIpc) is 3.23. The van der Waals surface area contributed by atoms with Gasteiger partial charge in [0, 0.05) is 62.6 Å². The molecule has 0 bridgehead atoms. The first-order chi connectivity index (χ1) is 28.2. The lowest BCUT2D eigenvalue weighted by Crippen LogP contribution is -2.53. The minimum atomic E-state index is -1.29. The zero-order chi connectivity index (χ0) is 41.9. The van der Waals surface area contributed by atoms with Gasteiger partial charge in [0.15, 0.2) is 5.69 Å². The third-order valence-electron chi connectivity index (χ3n) is 11.7. The number of likely N-dealkylation sites (tertiary alicyclic amines) is 3. The van der Waals surface area contributed by atoms with Crippen LogP contribution in [0.25, 0.3) is 0 Å². The number of anilines is 1. The number of nitrogens with two attached hydrogens (primary N) is 1. The number of ether oxygens (including phenoxy) is 2. The van der Waals surface area contributed by atoms with Crippen LogP contribution in [0, 0.1) is 11.7 Å². The van der Waals surface area contributed by atoms with E-state index < -0.39 is 22.6 Å². The van der Waals surface area contributed by atoms with Crippen molar-refractivity contribution in [2.24, 2.45) is 5.92 Å². The molecule has 59 heavy (non-hydrogen) atoms. The monoisotopic (exact) mass is 808 g/mol. The van der Waals surface area contributed by atoms with E-state index in [9.17, 15) is 28.7 Å². The van der Waals surface area contributed by atoms with E-state index in [1.54, 1.807) is 9.80 Å². The van der Waals surface area contributed by atoms with Crippen molar-refractivity contribution in [2.45, 2.75) is 82.5 Å². The van der Waals surface area contributed by atoms with Crippen molar-refractivity contribution in [1.29, 1.82) is 0 Å². The van der Waals surface area contributed by atoms with E-state index in [1.807, 2.05) is 80.3 Å². The van der Waals surface area contributed by atoms with Gasteiger partial charge >= 0.3 is 6.09 Å². The van der Waals surface area contributed by atoms with Crippen LogP contribution in [0.1, 0.15) is 86.2 Å². The zero-order valence-electron chi connectivity index (χ0n) is 33.9. The summed E-state index contributed by atoms with van der Waals surface area (Å²) in [6, 6.07) is 22.7. The Balaban J connectivity index is 0.993. The van der Waals surface area contributed by atoms with Gasteiger partial charge in [-0.3, -0.25) is 19.0 Å². The van der Waals surface area contributed by atoms with E-state index in [1.165, 1.54) is 35.2 Å². The SMILES string of the molecule is CC(C)(C)OC(=O)N1CCCC(c2cccc(C(=O)N3CC[C@@H](C(=O)N4CCC(O)(Cn5cnc(Oc6ccc(F)cc6)c(N)c5=O)CC4)[C@H](c4ccccc4)C3)c2)C1. The van der Waals surface area contributed by atoms with Gasteiger partial charge in [-0.15, -0.1) is 0 Å². The Morgan fingerprint density at radius 1 is 0.881 bits per heavy atom. The fraction of sp³-hybridized carbons (Fsp3) is 0.444. The number of piperidine rings is 3. The van der Waals surface area contributed by atoms with Crippen molar-refractivity contribution in [3.8, 4) is 11.6 Å². The first-order valence-corrected chi connectivity index (χ1v) is 20.4. The minimum absolute atomic E-state index is 0.0211. The van der Waals surface area contributed by atoms with Crippen LogP contribution < -0.4 is 16.0 Å². The minimum Gasteiger partial charge on any atom is -0.444 e. The molecule has 0 radical (unpaired) electrons. The molecule has 3 amide bonds. The highest BCUT2D eigenvalue weighted by atomic mass is 19.1. The molecule has 3 atom stereocenters. The lowest BCUT2D eigenvalue weighted by Gasteiger charge is -2.43. The van der Waals surface area contributed by atoms with Crippen LogP contribution >= 0.6 is 0 Å². The molecule has 0 aliphatic carbocycles. The second-order valence-corrected chi connectivity index (χ2v) is 17.1. The summed E-state index contributed by atoms with van der Waals surface area (Å²) >= 11 is 0. The molecule has 4 aromatic rings. The van der Waals surface area contributed by atoms with Gasteiger partial charge in [0.05, 0.1) is 12.1 Å². The van der Waals surface area contributed by atoms with Crippen LogP contribution in [0.3, 0.4) is 0 Å². The van der Waals surface area contributed by atoms with Crippen molar-refractivity contribution < 1.29 is 33.4 Å². The number of benzene rings is 3. The quantitative estimate of drug-likeness (QED) is 0.212. The van der Waals surface area contributed by atoms with E-state index in [2.05, 4.69) is 4.98 Å². The summed E-state index contributed by atoms with van der Waals surface area (Å²) < 4.78 is 25.8. The number of rotatable bonds is 8. The number of carbonyl (C=O) groups excluding carboxylic acids is 3. The molecule has 3 aromatic carbocycles. The van der Waals surface area contributed by atoms with Crippen LogP contribution in [-0.2, 0) is 16.1 Å². The maximum Gasteiger partial charge on any atom is 0.410 e. The standard InChI is InChI=1S/C45H53FN6O7/c1-44(2,3)59-43(56)51-21-8-13-33(26-51)31-11-7-12-32(25-31)40(53)50-22-18-36(37(27-50)30-9-5-4-6-10-30)41(54)49-23-19-45(57,20-24-49)28-52-29-48-39(38(47)42(52)55)58-35-16-14-34(46)15-17-35/h4-7,9-12,14-17,25,29,33,36-37,57H,8,13,18-24,26-28,47H2,1-3H3/t33?,36-,37+/m1/s1. The highest BCUT2D eigenvalue weighted by Crippen LogP contribution is 2.37. The number of nitrogen functional groups attached to an aromatic ring is 1. The number of hydrogen-bond donors (Lipinski definition) is 2. The molecular weight excluding hydrogens is 756 g/mol. The van der Waals surface area contributed by atoms with Crippen molar-refractivity contribution in [2.75, 3.05) is 45.0 Å². The Morgan fingerprint density at radius 2 is 1.59 bits per heavy atom. The summed E-state index contributed by atoms with van der Waals surface area (Å²) in [5, 5.41) is 11.6. The molecule has 3 aliphatic rings. The summed E-state index contributed by atoms with van der Waals surface area (Å²) in [6.45, 7) is 8.03. The maximum absolute atomic E-state index is 14.3. The Bertz CT molecular complexity index is 2200. The van der Waals surface area contributed by atoms with Crippen LogP contribution in [0.5, 0.6) is 11.6 Å². The number of carbonyl (C=O) groups is 3. The summed E-state index contributed by atoms with van der Waals surface area (Å²) in [4.78, 5) is 64.1. The lowest BCUT2D eigenvalue weighted by atomic mass is 9.79. The van der Waals surface area contributed by atoms with E-state index in [0.717, 1.165) is 24.0 Å². The zero-order valence-corrected chi connectivity index (χ0v) is 33.9. The fourth-order valence-electron chi connectivity index (χ4n) is 8.47. The van der Waals surface area contributed by atoms with Crippen LogP contribution in [0.15, 0.2) is 90.0 Å². The molecule has 3 aliphatic heterocycles. The van der Waals surface area contributed by atoms with Gasteiger partial charge in [-0.05, 0) is 100 Å². The predicted octanol–water partition coefficient (Wildman–Crippen LogP) is 6.17. The number of aromatic nitrogens is 2. The van der Waals surface area contributed by atoms with Gasteiger partial charge in [-0.1, -0.05) is 42.5 Å².